The summed E-state index contributed by atoms with van der Waals surface area (Å²) in [5.41, 5.74) is 3.28. The number of hydrogen-bond acceptors (Lipinski definition) is 6. The number of hydrogen-bond donors (Lipinski definition) is 1. The summed E-state index contributed by atoms with van der Waals surface area (Å²) >= 11 is 0. The highest BCUT2D eigenvalue weighted by Crippen LogP contribution is 2.34. The van der Waals surface area contributed by atoms with Gasteiger partial charge in [0.2, 0.25) is 0 Å². The second-order valence-corrected chi connectivity index (χ2v) is 8.28. The van der Waals surface area contributed by atoms with Crippen LogP contribution in [0.15, 0.2) is 51.7 Å². The van der Waals surface area contributed by atoms with Crippen molar-refractivity contribution in [1.29, 1.82) is 0 Å². The average Bonchev–Trinajstić information content (AvgIpc) is 2.81. The van der Waals surface area contributed by atoms with E-state index in [-0.39, 0.29) is 12.2 Å². The second-order valence-electron chi connectivity index (χ2n) is 8.28. The average molecular weight is 450 g/mol. The number of esters is 1. The molecule has 0 bridgehead atoms. The van der Waals surface area contributed by atoms with Crippen LogP contribution in [0, 0.1) is 6.92 Å². The van der Waals surface area contributed by atoms with E-state index in [9.17, 15) is 14.4 Å². The molecule has 0 spiro atoms. The summed E-state index contributed by atoms with van der Waals surface area (Å²) in [6, 6.07) is 11.9. The fourth-order valence-electron chi connectivity index (χ4n) is 4.16. The molecule has 0 fully saturated rings. The number of fused-ring (bicyclic) bond motifs is 3. The Bertz CT molecular complexity index is 1230. The third kappa shape index (κ3) is 5.08. The molecule has 1 aromatic heterocycles. The van der Waals surface area contributed by atoms with Crippen molar-refractivity contribution in [2.24, 2.45) is 0 Å². The normalized spacial score (nSPS) is 13.8. The summed E-state index contributed by atoms with van der Waals surface area (Å²) in [6.45, 7) is 3.72. The van der Waals surface area contributed by atoms with Crippen molar-refractivity contribution in [3.63, 3.8) is 0 Å². The molecule has 0 aliphatic heterocycles. The summed E-state index contributed by atoms with van der Waals surface area (Å²) in [5.74, 6) is -0.258. The molecule has 1 heterocycles. The van der Waals surface area contributed by atoms with Crippen molar-refractivity contribution in [2.75, 3.05) is 0 Å². The number of aryl methyl sites for hydroxylation is 2. The van der Waals surface area contributed by atoms with Gasteiger partial charge in [0.05, 0.1) is 5.39 Å². The number of carbonyl (C=O) groups excluding carboxylic acids is 2. The molecule has 172 valence electrons. The summed E-state index contributed by atoms with van der Waals surface area (Å²) in [6.07, 6.45) is 2.90. The molecule has 0 radical (unpaired) electrons. The van der Waals surface area contributed by atoms with E-state index in [1.165, 1.54) is 0 Å². The summed E-state index contributed by atoms with van der Waals surface area (Å²) in [5, 5.41) is 3.24. The number of amides is 1. The van der Waals surface area contributed by atoms with Crippen LogP contribution in [-0.2, 0) is 29.0 Å². The minimum Gasteiger partial charge on any atom is -0.445 e. The lowest BCUT2D eigenvalue weighted by Crippen LogP contribution is -2.42. The molecule has 0 saturated carbocycles. The zero-order valence-electron chi connectivity index (χ0n) is 18.8. The summed E-state index contributed by atoms with van der Waals surface area (Å²) < 4.78 is 16.5. The van der Waals surface area contributed by atoms with Gasteiger partial charge in [-0.1, -0.05) is 37.3 Å². The highest BCUT2D eigenvalue weighted by Gasteiger charge is 2.26. The van der Waals surface area contributed by atoms with Gasteiger partial charge in [-0.15, -0.1) is 0 Å². The van der Waals surface area contributed by atoms with Gasteiger partial charge in [0.25, 0.3) is 0 Å². The van der Waals surface area contributed by atoms with Gasteiger partial charge < -0.3 is 19.2 Å². The molecule has 1 unspecified atom stereocenters. The minimum atomic E-state index is -0.879. The van der Waals surface area contributed by atoms with Crippen molar-refractivity contribution < 1.29 is 23.5 Å². The van der Waals surface area contributed by atoms with Crippen molar-refractivity contribution in [2.45, 2.75) is 58.6 Å². The van der Waals surface area contributed by atoms with Crippen LogP contribution in [0.2, 0.25) is 0 Å². The van der Waals surface area contributed by atoms with Crippen LogP contribution in [0.4, 0.5) is 4.79 Å². The Morgan fingerprint density at radius 2 is 1.82 bits per heavy atom. The third-order valence-corrected chi connectivity index (χ3v) is 5.84. The van der Waals surface area contributed by atoms with Crippen LogP contribution in [0.5, 0.6) is 5.75 Å². The predicted octanol–water partition coefficient (Wildman–Crippen LogP) is 4.59. The van der Waals surface area contributed by atoms with Crippen molar-refractivity contribution in [3.8, 4) is 5.75 Å². The van der Waals surface area contributed by atoms with Gasteiger partial charge >= 0.3 is 17.7 Å². The molecule has 33 heavy (non-hydrogen) atoms. The first-order valence-electron chi connectivity index (χ1n) is 11.2. The molecule has 3 aromatic rings. The molecule has 1 aliphatic rings. The number of benzene rings is 2. The molecule has 1 aliphatic carbocycles. The molecule has 4 rings (SSSR count). The Hall–Kier alpha value is -3.61. The number of carbonyl (C=O) groups is 2. The van der Waals surface area contributed by atoms with Gasteiger partial charge in [-0.25, -0.2) is 14.4 Å². The number of nitrogens with one attached hydrogen (secondary N) is 1. The van der Waals surface area contributed by atoms with Crippen LogP contribution in [0.1, 0.15) is 48.4 Å². The zero-order chi connectivity index (χ0) is 23.4. The standard InChI is InChI=1S/C26H27NO6/c1-3-20(27-26(30)31-15-17-9-5-4-6-10-17)25(29)33-22-14-16(2)13-21-23(22)18-11-7-8-12-19(18)24(28)32-21/h4-6,9-10,13-14,20H,3,7-8,11-12,15H2,1-2H3,(H,27,30). The van der Waals surface area contributed by atoms with Gasteiger partial charge in [0.15, 0.2) is 0 Å². The monoisotopic (exact) mass is 449 g/mol. The lowest BCUT2D eigenvalue weighted by atomic mass is 9.90. The van der Waals surface area contributed by atoms with E-state index >= 15 is 0 Å². The maximum Gasteiger partial charge on any atom is 0.408 e. The fraction of sp³-hybridized carbons (Fsp3) is 0.346. The topological polar surface area (TPSA) is 94.8 Å². The van der Waals surface area contributed by atoms with E-state index in [4.69, 9.17) is 13.9 Å². The first-order chi connectivity index (χ1) is 16.0. The SMILES string of the molecule is CCC(NC(=O)OCc1ccccc1)C(=O)Oc1cc(C)cc2oc(=O)c3c(c12)CCCC3. The first-order valence-corrected chi connectivity index (χ1v) is 11.2. The third-order valence-electron chi connectivity index (χ3n) is 5.84. The fourth-order valence-corrected chi connectivity index (χ4v) is 4.16. The van der Waals surface area contributed by atoms with E-state index < -0.39 is 18.1 Å². The highest BCUT2D eigenvalue weighted by molar-refractivity contribution is 5.92. The largest absolute Gasteiger partial charge is 0.445 e. The van der Waals surface area contributed by atoms with Crippen LogP contribution in [-0.4, -0.2) is 18.1 Å². The molecule has 7 heteroatoms. The number of rotatable bonds is 6. The lowest BCUT2D eigenvalue weighted by molar-refractivity contribution is -0.136. The van der Waals surface area contributed by atoms with E-state index in [1.807, 2.05) is 37.3 Å². The molecule has 2 aromatic carbocycles. The summed E-state index contributed by atoms with van der Waals surface area (Å²) in [7, 11) is 0. The van der Waals surface area contributed by atoms with Gasteiger partial charge in [-0.2, -0.15) is 0 Å². The maximum atomic E-state index is 13.0. The van der Waals surface area contributed by atoms with Gasteiger partial charge in [-0.05, 0) is 67.9 Å². The lowest BCUT2D eigenvalue weighted by Gasteiger charge is -2.20. The molecular weight excluding hydrogens is 422 g/mol. The van der Waals surface area contributed by atoms with Crippen LogP contribution in [0.25, 0.3) is 11.0 Å². The molecule has 1 amide bonds. The Balaban J connectivity index is 1.53. The van der Waals surface area contributed by atoms with Crippen molar-refractivity contribution in [1.82, 2.24) is 5.32 Å². The minimum absolute atomic E-state index is 0.103. The van der Waals surface area contributed by atoms with Crippen molar-refractivity contribution >= 4 is 23.0 Å². The highest BCUT2D eigenvalue weighted by atomic mass is 16.6. The van der Waals surface area contributed by atoms with Crippen molar-refractivity contribution in [3.05, 3.63) is 75.1 Å². The quantitative estimate of drug-likeness (QED) is 0.336. The molecular formula is C26H27NO6. The van der Waals surface area contributed by atoms with E-state index in [1.54, 1.807) is 19.1 Å². The smallest absolute Gasteiger partial charge is 0.408 e. The summed E-state index contributed by atoms with van der Waals surface area (Å²) in [4.78, 5) is 37.6. The van der Waals surface area contributed by atoms with E-state index in [0.29, 0.717) is 35.1 Å². The Morgan fingerprint density at radius 1 is 1.09 bits per heavy atom. The van der Waals surface area contributed by atoms with Crippen LogP contribution >= 0.6 is 0 Å². The van der Waals surface area contributed by atoms with Crippen LogP contribution < -0.4 is 15.7 Å². The van der Waals surface area contributed by atoms with Gasteiger partial charge in [0, 0.05) is 5.56 Å². The Kier molecular flexibility index (Phi) is 6.77. The van der Waals surface area contributed by atoms with Gasteiger partial charge in [0.1, 0.15) is 24.0 Å². The first kappa shape index (κ1) is 22.6. The predicted molar refractivity (Wildman–Crippen MR) is 123 cm³/mol. The van der Waals surface area contributed by atoms with Crippen LogP contribution in [0.3, 0.4) is 0 Å². The number of ether oxygens (including phenoxy) is 2. The maximum absolute atomic E-state index is 13.0. The van der Waals surface area contributed by atoms with Gasteiger partial charge in [-0.3, -0.25) is 0 Å². The molecule has 1 N–H and O–H groups in total. The molecule has 7 nitrogen and oxygen atoms in total. The van der Waals surface area contributed by atoms with E-state index in [0.717, 1.165) is 36.0 Å². The zero-order valence-corrected chi connectivity index (χ0v) is 18.8. The second kappa shape index (κ2) is 9.90. The number of alkyl carbamates (subject to hydrolysis) is 1. The Labute approximate surface area is 191 Å². The Morgan fingerprint density at radius 3 is 2.55 bits per heavy atom. The van der Waals surface area contributed by atoms with E-state index in [2.05, 4.69) is 5.32 Å². The molecule has 0 saturated heterocycles. The molecule has 1 atom stereocenters.